The van der Waals surface area contributed by atoms with E-state index < -0.39 is 0 Å². The second kappa shape index (κ2) is 8.64. The topological polar surface area (TPSA) is 46.2 Å². The van der Waals surface area contributed by atoms with E-state index in [0.29, 0.717) is 0 Å². The minimum absolute atomic E-state index is 0.776. The van der Waals surface area contributed by atoms with Crippen LogP contribution in [-0.4, -0.2) is 44.9 Å². The molecule has 5 heteroatoms. The Balaban J connectivity index is 1.88. The molecule has 0 amide bonds. The van der Waals surface area contributed by atoms with Crippen LogP contribution in [0.3, 0.4) is 0 Å². The highest BCUT2D eigenvalue weighted by molar-refractivity contribution is 7.09. The molecule has 1 aromatic rings. The van der Waals surface area contributed by atoms with Gasteiger partial charge in [0.15, 0.2) is 0 Å². The summed E-state index contributed by atoms with van der Waals surface area (Å²) in [5, 5.41) is 9.99. The molecular formula is C11H21N3OS. The molecule has 0 atom stereocenters. The van der Waals surface area contributed by atoms with Crippen molar-refractivity contribution in [1.82, 2.24) is 15.6 Å². The Morgan fingerprint density at radius 2 is 2.00 bits per heavy atom. The van der Waals surface area contributed by atoms with Gasteiger partial charge in [0.1, 0.15) is 0 Å². The molecule has 0 saturated carbocycles. The average Bonchev–Trinajstić information content (AvgIpc) is 2.68. The van der Waals surface area contributed by atoms with Crippen molar-refractivity contribution in [2.75, 3.05) is 39.9 Å². The van der Waals surface area contributed by atoms with Crippen molar-refractivity contribution in [1.29, 1.82) is 0 Å². The highest BCUT2D eigenvalue weighted by Crippen LogP contribution is 2.08. The second-order valence-corrected chi connectivity index (χ2v) is 4.57. The first kappa shape index (κ1) is 13.6. The lowest BCUT2D eigenvalue weighted by atomic mass is 10.4. The first-order valence-electron chi connectivity index (χ1n) is 5.64. The molecule has 2 N–H and O–H groups in total. The van der Waals surface area contributed by atoms with Gasteiger partial charge >= 0.3 is 0 Å². The van der Waals surface area contributed by atoms with Gasteiger partial charge in [0.2, 0.25) is 0 Å². The highest BCUT2D eigenvalue weighted by atomic mass is 32.1. The van der Waals surface area contributed by atoms with Crippen molar-refractivity contribution in [3.05, 3.63) is 16.1 Å². The van der Waals surface area contributed by atoms with Gasteiger partial charge in [-0.05, 0) is 6.92 Å². The Kier molecular flexibility index (Phi) is 7.33. The molecule has 0 aliphatic carbocycles. The number of ether oxygens (including phenoxy) is 1. The Hall–Kier alpha value is -0.490. The maximum Gasteiger partial charge on any atom is 0.0940 e. The normalized spacial score (nSPS) is 10.9. The van der Waals surface area contributed by atoms with Crippen LogP contribution in [0.25, 0.3) is 0 Å². The molecule has 1 rings (SSSR count). The summed E-state index contributed by atoms with van der Waals surface area (Å²) in [7, 11) is 1.72. The van der Waals surface area contributed by atoms with Crippen LogP contribution in [0.5, 0.6) is 0 Å². The van der Waals surface area contributed by atoms with E-state index in [0.717, 1.165) is 44.9 Å². The molecule has 0 unspecified atom stereocenters. The maximum atomic E-state index is 4.94. The fraction of sp³-hybridized carbons (Fsp3) is 0.727. The van der Waals surface area contributed by atoms with Gasteiger partial charge in [-0.15, -0.1) is 11.3 Å². The quantitative estimate of drug-likeness (QED) is 0.630. The molecule has 0 aliphatic rings. The molecule has 16 heavy (non-hydrogen) atoms. The van der Waals surface area contributed by atoms with Crippen molar-refractivity contribution in [3.8, 4) is 0 Å². The third kappa shape index (κ3) is 6.17. The molecule has 0 aromatic carbocycles. The summed E-state index contributed by atoms with van der Waals surface area (Å²) in [6.45, 7) is 6.71. The Bertz CT molecular complexity index is 278. The average molecular weight is 243 g/mol. The summed E-state index contributed by atoms with van der Waals surface area (Å²) < 4.78 is 4.94. The molecule has 0 radical (unpaired) electrons. The molecule has 4 nitrogen and oxygen atoms in total. The summed E-state index contributed by atoms with van der Waals surface area (Å²) in [5.41, 5.74) is 1.13. The fourth-order valence-electron chi connectivity index (χ4n) is 1.31. The molecule has 1 aromatic heterocycles. The summed E-state index contributed by atoms with van der Waals surface area (Å²) in [5.74, 6) is 0. The molecule has 0 spiro atoms. The number of thiazole rings is 1. The summed E-state index contributed by atoms with van der Waals surface area (Å²) in [4.78, 5) is 4.42. The third-order valence-corrected chi connectivity index (χ3v) is 3.17. The lowest BCUT2D eigenvalue weighted by Crippen LogP contribution is -2.30. The smallest absolute Gasteiger partial charge is 0.0940 e. The number of hydrogen-bond acceptors (Lipinski definition) is 5. The summed E-state index contributed by atoms with van der Waals surface area (Å²) in [6, 6.07) is 0. The van der Waals surface area contributed by atoms with Crippen molar-refractivity contribution in [2.24, 2.45) is 0 Å². The summed E-state index contributed by atoms with van der Waals surface area (Å²) >= 11 is 1.74. The van der Waals surface area contributed by atoms with Gasteiger partial charge < -0.3 is 15.4 Å². The molecule has 0 fully saturated rings. The first-order valence-corrected chi connectivity index (χ1v) is 6.52. The lowest BCUT2D eigenvalue weighted by Gasteiger charge is -2.05. The highest BCUT2D eigenvalue weighted by Gasteiger charge is 1.97. The third-order valence-electron chi connectivity index (χ3n) is 2.14. The van der Waals surface area contributed by atoms with E-state index in [4.69, 9.17) is 4.74 Å². The Morgan fingerprint density at radius 1 is 1.25 bits per heavy atom. The molecule has 0 bridgehead atoms. The standard InChI is InChI=1S/C11H21N3OS/c1-10-9-16-11(14-10)3-4-12-5-6-13-7-8-15-2/h9,12-13H,3-8H2,1-2H3. The van der Waals surface area contributed by atoms with Crippen molar-refractivity contribution in [2.45, 2.75) is 13.3 Å². The van der Waals surface area contributed by atoms with Gasteiger partial charge in [0.05, 0.1) is 11.6 Å². The summed E-state index contributed by atoms with van der Waals surface area (Å²) in [6.07, 6.45) is 1.02. The van der Waals surface area contributed by atoms with Crippen LogP contribution >= 0.6 is 11.3 Å². The van der Waals surface area contributed by atoms with E-state index in [1.165, 1.54) is 5.01 Å². The zero-order valence-corrected chi connectivity index (χ0v) is 10.9. The van der Waals surface area contributed by atoms with Crippen LogP contribution in [0.15, 0.2) is 5.38 Å². The lowest BCUT2D eigenvalue weighted by molar-refractivity contribution is 0.199. The Morgan fingerprint density at radius 3 is 2.62 bits per heavy atom. The minimum Gasteiger partial charge on any atom is -0.383 e. The molecular weight excluding hydrogens is 222 g/mol. The number of hydrogen-bond donors (Lipinski definition) is 2. The number of nitrogens with zero attached hydrogens (tertiary/aromatic N) is 1. The number of nitrogens with one attached hydrogen (secondary N) is 2. The molecule has 0 aliphatic heterocycles. The van der Waals surface area contributed by atoms with Crippen molar-refractivity contribution >= 4 is 11.3 Å². The van der Waals surface area contributed by atoms with Crippen molar-refractivity contribution in [3.63, 3.8) is 0 Å². The first-order chi connectivity index (χ1) is 7.83. The van der Waals surface area contributed by atoms with Gasteiger partial charge in [0.25, 0.3) is 0 Å². The van der Waals surface area contributed by atoms with Gasteiger partial charge in [-0.2, -0.15) is 0 Å². The van der Waals surface area contributed by atoms with Crippen LogP contribution < -0.4 is 10.6 Å². The van der Waals surface area contributed by atoms with E-state index in [9.17, 15) is 0 Å². The van der Waals surface area contributed by atoms with E-state index in [1.807, 2.05) is 6.92 Å². The van der Waals surface area contributed by atoms with E-state index in [-0.39, 0.29) is 0 Å². The van der Waals surface area contributed by atoms with Crippen LogP contribution in [0, 0.1) is 6.92 Å². The number of aromatic nitrogens is 1. The van der Waals surface area contributed by atoms with Gasteiger partial charge in [0, 0.05) is 50.8 Å². The maximum absolute atomic E-state index is 4.94. The Labute approximate surface area is 101 Å². The van der Waals surface area contributed by atoms with E-state index in [2.05, 4.69) is 21.0 Å². The monoisotopic (exact) mass is 243 g/mol. The van der Waals surface area contributed by atoms with Crippen LogP contribution in [-0.2, 0) is 11.2 Å². The van der Waals surface area contributed by atoms with Crippen LogP contribution in [0.4, 0.5) is 0 Å². The zero-order chi connectivity index (χ0) is 11.6. The van der Waals surface area contributed by atoms with Crippen LogP contribution in [0.2, 0.25) is 0 Å². The minimum atomic E-state index is 0.776. The molecule has 92 valence electrons. The zero-order valence-electron chi connectivity index (χ0n) is 10.1. The number of rotatable bonds is 9. The predicted octanol–water partition coefficient (Wildman–Crippen LogP) is 0.820. The van der Waals surface area contributed by atoms with Gasteiger partial charge in [-0.1, -0.05) is 0 Å². The predicted molar refractivity (Wildman–Crippen MR) is 68.2 cm³/mol. The number of methoxy groups -OCH3 is 1. The molecule has 1 heterocycles. The van der Waals surface area contributed by atoms with E-state index >= 15 is 0 Å². The SMILES string of the molecule is COCCNCCNCCc1nc(C)cs1. The van der Waals surface area contributed by atoms with Gasteiger partial charge in [-0.25, -0.2) is 4.98 Å². The van der Waals surface area contributed by atoms with Gasteiger partial charge in [-0.3, -0.25) is 0 Å². The second-order valence-electron chi connectivity index (χ2n) is 3.63. The van der Waals surface area contributed by atoms with Crippen molar-refractivity contribution < 1.29 is 4.74 Å². The molecule has 0 saturated heterocycles. The fourth-order valence-corrected chi connectivity index (χ4v) is 2.09. The van der Waals surface area contributed by atoms with Crippen LogP contribution in [0.1, 0.15) is 10.7 Å². The number of aryl methyl sites for hydroxylation is 1. The largest absolute Gasteiger partial charge is 0.383 e. The van der Waals surface area contributed by atoms with E-state index in [1.54, 1.807) is 18.4 Å².